The fourth-order valence-corrected chi connectivity index (χ4v) is 2.68. The van der Waals surface area contributed by atoms with Gasteiger partial charge in [-0.1, -0.05) is 0 Å². The minimum Gasteiger partial charge on any atom is -0.396 e. The van der Waals surface area contributed by atoms with Crippen LogP contribution >= 0.6 is 0 Å². The molecule has 4 heteroatoms. The minimum atomic E-state index is 0.0364. The first-order valence-electron chi connectivity index (χ1n) is 6.77. The summed E-state index contributed by atoms with van der Waals surface area (Å²) >= 11 is 0. The lowest BCUT2D eigenvalue weighted by atomic mass is 9.89. The van der Waals surface area contributed by atoms with Crippen LogP contribution in [-0.2, 0) is 9.53 Å². The smallest absolute Gasteiger partial charge is 0.228 e. The topological polar surface area (TPSA) is 49.8 Å². The van der Waals surface area contributed by atoms with E-state index in [1.807, 2.05) is 11.8 Å². The van der Waals surface area contributed by atoms with Gasteiger partial charge in [0.2, 0.25) is 5.91 Å². The van der Waals surface area contributed by atoms with Gasteiger partial charge in [-0.15, -0.1) is 0 Å². The molecule has 17 heavy (non-hydrogen) atoms. The lowest BCUT2D eigenvalue weighted by Gasteiger charge is -2.39. The number of amides is 1. The molecule has 98 valence electrons. The molecule has 0 bridgehead atoms. The van der Waals surface area contributed by atoms with Gasteiger partial charge in [-0.2, -0.15) is 0 Å². The van der Waals surface area contributed by atoms with Gasteiger partial charge < -0.3 is 14.7 Å². The van der Waals surface area contributed by atoms with Gasteiger partial charge in [0.05, 0.1) is 12.0 Å². The third kappa shape index (κ3) is 2.80. The molecule has 1 aliphatic heterocycles. The molecule has 0 spiro atoms. The molecular formula is C13H23NO3. The standard InChI is InChI=1S/C13H23NO3/c1-10-12(6-9-17-10)13(16)14(7-3-8-15)11-4-2-5-11/h10-12,15H,2-9H2,1H3. The Bertz CT molecular complexity index is 265. The Labute approximate surface area is 103 Å². The summed E-state index contributed by atoms with van der Waals surface area (Å²) in [6, 6.07) is 0.418. The molecule has 2 aliphatic rings. The molecule has 1 aliphatic carbocycles. The Kier molecular flexibility index (Phi) is 4.40. The summed E-state index contributed by atoms with van der Waals surface area (Å²) in [5.41, 5.74) is 0. The van der Waals surface area contributed by atoms with Crippen molar-refractivity contribution in [1.29, 1.82) is 0 Å². The van der Waals surface area contributed by atoms with Crippen LogP contribution in [0.2, 0.25) is 0 Å². The number of aliphatic hydroxyl groups is 1. The predicted molar refractivity (Wildman–Crippen MR) is 64.6 cm³/mol. The van der Waals surface area contributed by atoms with E-state index in [1.54, 1.807) is 0 Å². The number of hydrogen-bond donors (Lipinski definition) is 1. The molecule has 0 aromatic carbocycles. The Morgan fingerprint density at radius 2 is 2.18 bits per heavy atom. The molecule has 2 unspecified atom stereocenters. The van der Waals surface area contributed by atoms with Gasteiger partial charge in [0.25, 0.3) is 0 Å². The molecule has 1 saturated carbocycles. The number of carbonyl (C=O) groups excluding carboxylic acids is 1. The van der Waals surface area contributed by atoms with Gasteiger partial charge >= 0.3 is 0 Å². The Hall–Kier alpha value is -0.610. The highest BCUT2D eigenvalue weighted by molar-refractivity contribution is 5.80. The molecular weight excluding hydrogens is 218 g/mol. The number of ether oxygens (including phenoxy) is 1. The van der Waals surface area contributed by atoms with Gasteiger partial charge in [-0.05, 0) is 39.0 Å². The van der Waals surface area contributed by atoms with E-state index in [0.29, 0.717) is 25.6 Å². The average molecular weight is 241 g/mol. The van der Waals surface area contributed by atoms with Crippen molar-refractivity contribution in [2.24, 2.45) is 5.92 Å². The van der Waals surface area contributed by atoms with Crippen LogP contribution in [0.5, 0.6) is 0 Å². The van der Waals surface area contributed by atoms with E-state index in [-0.39, 0.29) is 24.5 Å². The highest BCUT2D eigenvalue weighted by Gasteiger charge is 2.37. The minimum absolute atomic E-state index is 0.0364. The zero-order valence-corrected chi connectivity index (χ0v) is 10.6. The van der Waals surface area contributed by atoms with Crippen LogP contribution in [0, 0.1) is 5.92 Å². The normalized spacial score (nSPS) is 29.1. The monoisotopic (exact) mass is 241 g/mol. The van der Waals surface area contributed by atoms with Crippen molar-refractivity contribution >= 4 is 5.91 Å². The molecule has 1 N–H and O–H groups in total. The highest BCUT2D eigenvalue weighted by Crippen LogP contribution is 2.29. The average Bonchev–Trinajstić information content (AvgIpc) is 2.67. The number of aliphatic hydroxyl groups excluding tert-OH is 1. The molecule has 0 aromatic heterocycles. The summed E-state index contributed by atoms with van der Waals surface area (Å²) < 4.78 is 5.48. The van der Waals surface area contributed by atoms with Crippen molar-refractivity contribution in [3.05, 3.63) is 0 Å². The first-order valence-corrected chi connectivity index (χ1v) is 6.77. The predicted octanol–water partition coefficient (Wildman–Crippen LogP) is 1.17. The van der Waals surface area contributed by atoms with Gasteiger partial charge in [0.1, 0.15) is 0 Å². The lowest BCUT2D eigenvalue weighted by Crippen LogP contribution is -2.48. The fourth-order valence-electron chi connectivity index (χ4n) is 2.68. The van der Waals surface area contributed by atoms with Crippen LogP contribution in [0.1, 0.15) is 39.0 Å². The lowest BCUT2D eigenvalue weighted by molar-refractivity contribution is -0.141. The molecule has 0 radical (unpaired) electrons. The highest BCUT2D eigenvalue weighted by atomic mass is 16.5. The summed E-state index contributed by atoms with van der Waals surface area (Å²) in [5.74, 6) is 0.280. The molecule has 2 atom stereocenters. The SMILES string of the molecule is CC1OCCC1C(=O)N(CCCO)C1CCC1. The van der Waals surface area contributed by atoms with E-state index >= 15 is 0 Å². The van der Waals surface area contributed by atoms with Crippen molar-refractivity contribution in [2.75, 3.05) is 19.8 Å². The van der Waals surface area contributed by atoms with E-state index in [1.165, 1.54) is 6.42 Å². The van der Waals surface area contributed by atoms with Crippen molar-refractivity contribution in [3.63, 3.8) is 0 Å². The van der Waals surface area contributed by atoms with Gasteiger partial charge in [0, 0.05) is 25.8 Å². The molecule has 1 amide bonds. The largest absolute Gasteiger partial charge is 0.396 e. The van der Waals surface area contributed by atoms with Crippen molar-refractivity contribution in [2.45, 2.75) is 51.2 Å². The Morgan fingerprint density at radius 1 is 1.41 bits per heavy atom. The van der Waals surface area contributed by atoms with Crippen molar-refractivity contribution in [1.82, 2.24) is 4.90 Å². The summed E-state index contributed by atoms with van der Waals surface area (Å²) in [7, 11) is 0. The van der Waals surface area contributed by atoms with E-state index < -0.39 is 0 Å². The second-order valence-electron chi connectivity index (χ2n) is 5.16. The Morgan fingerprint density at radius 3 is 2.65 bits per heavy atom. The Balaban J connectivity index is 1.95. The van der Waals surface area contributed by atoms with Crippen LogP contribution in [0.15, 0.2) is 0 Å². The quantitative estimate of drug-likeness (QED) is 0.786. The third-order valence-corrected chi connectivity index (χ3v) is 4.05. The molecule has 2 fully saturated rings. The van der Waals surface area contributed by atoms with E-state index in [2.05, 4.69) is 0 Å². The number of nitrogens with zero attached hydrogens (tertiary/aromatic N) is 1. The van der Waals surface area contributed by atoms with Crippen LogP contribution in [-0.4, -0.2) is 47.8 Å². The second kappa shape index (κ2) is 5.83. The fraction of sp³-hybridized carbons (Fsp3) is 0.923. The molecule has 2 rings (SSSR count). The van der Waals surface area contributed by atoms with Gasteiger partial charge in [-0.3, -0.25) is 4.79 Å². The zero-order valence-electron chi connectivity index (χ0n) is 10.6. The summed E-state index contributed by atoms with van der Waals surface area (Å²) in [6.45, 7) is 3.55. The van der Waals surface area contributed by atoms with Crippen LogP contribution in [0.3, 0.4) is 0 Å². The maximum atomic E-state index is 12.5. The second-order valence-corrected chi connectivity index (χ2v) is 5.16. The number of carbonyl (C=O) groups is 1. The summed E-state index contributed by atoms with van der Waals surface area (Å²) in [5, 5.41) is 8.92. The first-order chi connectivity index (χ1) is 8.24. The van der Waals surface area contributed by atoms with Crippen molar-refractivity contribution < 1.29 is 14.6 Å². The van der Waals surface area contributed by atoms with E-state index in [4.69, 9.17) is 9.84 Å². The molecule has 1 heterocycles. The molecule has 0 aromatic rings. The van der Waals surface area contributed by atoms with Crippen LogP contribution < -0.4 is 0 Å². The number of rotatable bonds is 5. The molecule has 1 saturated heterocycles. The first kappa shape index (κ1) is 12.8. The van der Waals surface area contributed by atoms with E-state index in [9.17, 15) is 4.79 Å². The number of hydrogen-bond acceptors (Lipinski definition) is 3. The van der Waals surface area contributed by atoms with E-state index in [0.717, 1.165) is 19.3 Å². The van der Waals surface area contributed by atoms with Gasteiger partial charge in [-0.25, -0.2) is 0 Å². The molecule has 4 nitrogen and oxygen atoms in total. The van der Waals surface area contributed by atoms with Crippen molar-refractivity contribution in [3.8, 4) is 0 Å². The zero-order chi connectivity index (χ0) is 12.3. The summed E-state index contributed by atoms with van der Waals surface area (Å²) in [6.07, 6.45) is 5.06. The third-order valence-electron chi connectivity index (χ3n) is 4.05. The van der Waals surface area contributed by atoms with Gasteiger partial charge in [0.15, 0.2) is 0 Å². The maximum Gasteiger partial charge on any atom is 0.228 e. The summed E-state index contributed by atoms with van der Waals surface area (Å²) in [4.78, 5) is 14.5. The van der Waals surface area contributed by atoms with Crippen LogP contribution in [0.25, 0.3) is 0 Å². The maximum absolute atomic E-state index is 12.5. The van der Waals surface area contributed by atoms with Crippen LogP contribution in [0.4, 0.5) is 0 Å².